The summed E-state index contributed by atoms with van der Waals surface area (Å²) in [5.74, 6) is -0.927. The molecule has 0 bridgehead atoms. The topological polar surface area (TPSA) is 75.4 Å². The number of amides is 2. The molecule has 2 aromatic carbocycles. The Morgan fingerprint density at radius 3 is 2.12 bits per heavy atom. The van der Waals surface area contributed by atoms with Gasteiger partial charge in [-0.15, -0.1) is 0 Å². The van der Waals surface area contributed by atoms with Crippen molar-refractivity contribution < 1.29 is 9.59 Å². The highest BCUT2D eigenvalue weighted by Crippen LogP contribution is 2.30. The number of hydrogen-bond acceptors (Lipinski definition) is 3. The molecule has 2 aromatic rings. The summed E-state index contributed by atoms with van der Waals surface area (Å²) in [6.07, 6.45) is 2.04. The van der Waals surface area contributed by atoms with E-state index in [1.807, 2.05) is 62.4 Å². The maximum Gasteiger partial charge on any atom is 0.260 e. The predicted octanol–water partition coefficient (Wildman–Crippen LogP) is 2.95. The van der Waals surface area contributed by atoms with Crippen LogP contribution in [0.5, 0.6) is 0 Å². The number of carbonyl (C=O) groups excluding carboxylic acids is 2. The van der Waals surface area contributed by atoms with Gasteiger partial charge >= 0.3 is 0 Å². The van der Waals surface area contributed by atoms with Crippen molar-refractivity contribution in [1.29, 1.82) is 0 Å². The van der Waals surface area contributed by atoms with Crippen molar-refractivity contribution in [3.63, 3.8) is 0 Å². The van der Waals surface area contributed by atoms with E-state index >= 15 is 0 Å². The lowest BCUT2D eigenvalue weighted by atomic mass is 9.95. The molecule has 1 aliphatic heterocycles. The molecule has 3 rings (SSSR count). The molecular weight excluding hydrogens is 326 g/mol. The first-order chi connectivity index (χ1) is 12.5. The summed E-state index contributed by atoms with van der Waals surface area (Å²) in [4.78, 5) is 26.6. The Hall–Kier alpha value is -3.08. The quantitative estimate of drug-likeness (QED) is 0.891. The summed E-state index contributed by atoms with van der Waals surface area (Å²) < 4.78 is 0. The monoisotopic (exact) mass is 349 g/mol. The molecule has 0 aromatic heterocycles. The zero-order chi connectivity index (χ0) is 18.7. The van der Waals surface area contributed by atoms with Gasteiger partial charge in [-0.3, -0.25) is 14.5 Å². The number of hydrogen-bond donors (Lipinski definition) is 2. The van der Waals surface area contributed by atoms with E-state index < -0.39 is 5.91 Å². The minimum absolute atomic E-state index is 0.153. The van der Waals surface area contributed by atoms with Gasteiger partial charge in [-0.05, 0) is 55.7 Å². The SMILES string of the molecule is Cc1cccc(N(C(=O)C2=CNCC(C(N)=O)C2)c2cccc(C)c2)c1. The van der Waals surface area contributed by atoms with Crippen LogP contribution in [0.4, 0.5) is 11.4 Å². The average molecular weight is 349 g/mol. The standard InChI is InChI=1S/C21H23N3O2/c1-14-5-3-7-18(9-14)24(19-8-4-6-15(2)10-19)21(26)17-11-16(20(22)25)12-23-13-17/h3-10,13,16,23H,11-12H2,1-2H3,(H2,22,25). The van der Waals surface area contributed by atoms with Crippen molar-refractivity contribution in [2.24, 2.45) is 11.7 Å². The van der Waals surface area contributed by atoms with Crippen LogP contribution >= 0.6 is 0 Å². The van der Waals surface area contributed by atoms with Gasteiger partial charge in [-0.1, -0.05) is 24.3 Å². The number of rotatable bonds is 4. The lowest BCUT2D eigenvalue weighted by molar-refractivity contribution is -0.121. The van der Waals surface area contributed by atoms with Gasteiger partial charge in [0.15, 0.2) is 0 Å². The smallest absolute Gasteiger partial charge is 0.260 e. The third-order valence-corrected chi connectivity index (χ3v) is 4.51. The zero-order valence-corrected chi connectivity index (χ0v) is 15.0. The van der Waals surface area contributed by atoms with Crippen LogP contribution in [0.2, 0.25) is 0 Å². The van der Waals surface area contributed by atoms with E-state index in [-0.39, 0.29) is 11.8 Å². The highest BCUT2D eigenvalue weighted by atomic mass is 16.2. The van der Waals surface area contributed by atoms with Crippen molar-refractivity contribution in [2.45, 2.75) is 20.3 Å². The maximum atomic E-state index is 13.4. The number of primary amides is 1. The lowest BCUT2D eigenvalue weighted by Gasteiger charge is -2.28. The molecule has 0 saturated heterocycles. The van der Waals surface area contributed by atoms with Gasteiger partial charge in [0.25, 0.3) is 5.91 Å². The van der Waals surface area contributed by atoms with E-state index in [1.165, 1.54) is 0 Å². The van der Waals surface area contributed by atoms with Crippen molar-refractivity contribution in [3.8, 4) is 0 Å². The van der Waals surface area contributed by atoms with E-state index in [0.717, 1.165) is 22.5 Å². The Morgan fingerprint density at radius 1 is 1.04 bits per heavy atom. The van der Waals surface area contributed by atoms with E-state index in [1.54, 1.807) is 11.1 Å². The summed E-state index contributed by atoms with van der Waals surface area (Å²) in [6.45, 7) is 4.45. The largest absolute Gasteiger partial charge is 0.390 e. The van der Waals surface area contributed by atoms with Gasteiger partial charge in [-0.25, -0.2) is 0 Å². The predicted molar refractivity (Wildman–Crippen MR) is 103 cm³/mol. The molecule has 1 unspecified atom stereocenters. The second-order valence-corrected chi connectivity index (χ2v) is 6.70. The van der Waals surface area contributed by atoms with Crippen LogP contribution in [0.15, 0.2) is 60.3 Å². The van der Waals surface area contributed by atoms with Crippen molar-refractivity contribution in [2.75, 3.05) is 11.4 Å². The number of nitrogens with zero attached hydrogens (tertiary/aromatic N) is 1. The van der Waals surface area contributed by atoms with Crippen molar-refractivity contribution in [1.82, 2.24) is 5.32 Å². The fourth-order valence-corrected chi connectivity index (χ4v) is 3.13. The highest BCUT2D eigenvalue weighted by Gasteiger charge is 2.28. The van der Waals surface area contributed by atoms with Crippen LogP contribution < -0.4 is 16.0 Å². The van der Waals surface area contributed by atoms with E-state index in [0.29, 0.717) is 18.5 Å². The molecule has 1 aliphatic rings. The van der Waals surface area contributed by atoms with Crippen molar-refractivity contribution >= 4 is 23.2 Å². The maximum absolute atomic E-state index is 13.4. The summed E-state index contributed by atoms with van der Waals surface area (Å²) in [7, 11) is 0. The van der Waals surface area contributed by atoms with Gasteiger partial charge < -0.3 is 11.1 Å². The zero-order valence-electron chi connectivity index (χ0n) is 15.0. The molecule has 5 heteroatoms. The fourth-order valence-electron chi connectivity index (χ4n) is 3.13. The fraction of sp³-hybridized carbons (Fsp3) is 0.238. The van der Waals surface area contributed by atoms with Crippen LogP contribution in [-0.2, 0) is 9.59 Å². The molecule has 2 amide bonds. The molecule has 5 nitrogen and oxygen atoms in total. The number of aryl methyl sites for hydroxylation is 2. The summed E-state index contributed by atoms with van der Waals surface area (Å²) in [5.41, 5.74) is 9.71. The van der Waals surface area contributed by atoms with Gasteiger partial charge in [0, 0.05) is 29.7 Å². The number of nitrogens with two attached hydrogens (primary N) is 1. The first-order valence-corrected chi connectivity index (χ1v) is 8.65. The Bertz CT molecular complexity index is 828. The highest BCUT2D eigenvalue weighted by molar-refractivity contribution is 6.10. The lowest BCUT2D eigenvalue weighted by Crippen LogP contribution is -2.38. The summed E-state index contributed by atoms with van der Waals surface area (Å²) >= 11 is 0. The number of nitrogens with one attached hydrogen (secondary N) is 1. The number of benzene rings is 2. The van der Waals surface area contributed by atoms with E-state index in [4.69, 9.17) is 5.73 Å². The molecule has 0 aliphatic carbocycles. The van der Waals surface area contributed by atoms with Gasteiger partial charge in [0.1, 0.15) is 0 Å². The Labute approximate surface area is 153 Å². The van der Waals surface area contributed by atoms with Crippen molar-refractivity contribution in [3.05, 3.63) is 71.4 Å². The number of carbonyl (C=O) groups is 2. The van der Waals surface area contributed by atoms with Crippen LogP contribution in [0.1, 0.15) is 17.5 Å². The first-order valence-electron chi connectivity index (χ1n) is 8.65. The molecule has 3 N–H and O–H groups in total. The second-order valence-electron chi connectivity index (χ2n) is 6.70. The molecule has 134 valence electrons. The van der Waals surface area contributed by atoms with Crippen LogP contribution in [-0.4, -0.2) is 18.4 Å². The molecular formula is C21H23N3O2. The summed E-state index contributed by atoms with van der Waals surface area (Å²) in [6, 6.07) is 15.6. The minimum atomic E-state index is -0.395. The third kappa shape index (κ3) is 3.77. The molecule has 0 fully saturated rings. The second kappa shape index (κ2) is 7.44. The molecule has 1 heterocycles. The third-order valence-electron chi connectivity index (χ3n) is 4.51. The minimum Gasteiger partial charge on any atom is -0.390 e. The molecule has 1 atom stereocenters. The van der Waals surface area contributed by atoms with Gasteiger partial charge in [0.05, 0.1) is 5.92 Å². The first kappa shape index (κ1) is 17.7. The summed E-state index contributed by atoms with van der Waals surface area (Å²) in [5, 5.41) is 3.02. The molecule has 26 heavy (non-hydrogen) atoms. The normalized spacial score (nSPS) is 16.4. The Balaban J connectivity index is 2.02. The van der Waals surface area contributed by atoms with Gasteiger partial charge in [0.2, 0.25) is 5.91 Å². The van der Waals surface area contributed by atoms with E-state index in [9.17, 15) is 9.59 Å². The van der Waals surface area contributed by atoms with Crippen LogP contribution in [0.25, 0.3) is 0 Å². The number of anilines is 2. The van der Waals surface area contributed by atoms with Crippen LogP contribution in [0.3, 0.4) is 0 Å². The van der Waals surface area contributed by atoms with Crippen LogP contribution in [0, 0.1) is 19.8 Å². The molecule has 0 saturated carbocycles. The Kier molecular flexibility index (Phi) is 5.07. The molecule has 0 spiro atoms. The average Bonchev–Trinajstić information content (AvgIpc) is 2.62. The van der Waals surface area contributed by atoms with E-state index in [2.05, 4.69) is 5.32 Å². The van der Waals surface area contributed by atoms with Gasteiger partial charge in [-0.2, -0.15) is 0 Å². The Morgan fingerprint density at radius 2 is 1.62 bits per heavy atom. The molecule has 0 radical (unpaired) electrons.